The molecular weight excluding hydrogens is 490 g/mol. The number of carbonyl (C=O) groups excluding carboxylic acids is 1. The van der Waals surface area contributed by atoms with Gasteiger partial charge in [-0.2, -0.15) is 0 Å². The van der Waals surface area contributed by atoms with Crippen molar-refractivity contribution in [3.63, 3.8) is 0 Å². The molecule has 0 aromatic heterocycles. The van der Waals surface area contributed by atoms with E-state index >= 15 is 0 Å². The van der Waals surface area contributed by atoms with E-state index in [-0.39, 0.29) is 6.61 Å². The van der Waals surface area contributed by atoms with Crippen LogP contribution in [0.2, 0.25) is 5.02 Å². The standard InChI is InChI=1S/C30H24ClNO5/c1-2-34-28(33)19-36-25-14-8-21(9-15-25)29-26-4-3-5-27(26)30(37-32-29)22-10-16-24(17-11-22)35-18-20-6-12-23(31)13-7-20/h3-17H,2,18-19H2,1H3. The highest BCUT2D eigenvalue weighted by atomic mass is 35.5. The molecule has 5 rings (SSSR count). The number of fused-ring (bicyclic) bond motifs is 1. The highest BCUT2D eigenvalue weighted by Crippen LogP contribution is 2.40. The summed E-state index contributed by atoms with van der Waals surface area (Å²) in [7, 11) is 0. The van der Waals surface area contributed by atoms with Crippen LogP contribution in [0.3, 0.4) is 0 Å². The van der Waals surface area contributed by atoms with E-state index in [0.717, 1.165) is 39.3 Å². The van der Waals surface area contributed by atoms with Crippen LogP contribution >= 0.6 is 11.6 Å². The van der Waals surface area contributed by atoms with Gasteiger partial charge >= 0.3 is 5.97 Å². The van der Waals surface area contributed by atoms with Crippen molar-refractivity contribution in [3.8, 4) is 45.2 Å². The van der Waals surface area contributed by atoms with E-state index in [2.05, 4.69) is 5.16 Å². The minimum atomic E-state index is -0.401. The fourth-order valence-electron chi connectivity index (χ4n) is 3.93. The van der Waals surface area contributed by atoms with E-state index in [4.69, 9.17) is 30.3 Å². The number of benzene rings is 3. The molecule has 2 aliphatic rings. The van der Waals surface area contributed by atoms with Crippen LogP contribution in [0.4, 0.5) is 0 Å². The Morgan fingerprint density at radius 2 is 1.46 bits per heavy atom. The average Bonchev–Trinajstić information content (AvgIpc) is 3.42. The van der Waals surface area contributed by atoms with Gasteiger partial charge in [0.1, 0.15) is 23.8 Å². The SMILES string of the molecule is CCOC(=O)COc1ccc(-c2noc(-c3ccc(OCc4ccc(Cl)cc4)cc3)c3cccc2-3)cc1. The summed E-state index contributed by atoms with van der Waals surface area (Å²) in [4.78, 5) is 11.5. The third-order valence-electron chi connectivity index (χ3n) is 5.77. The van der Waals surface area contributed by atoms with Gasteiger partial charge in [-0.25, -0.2) is 4.79 Å². The van der Waals surface area contributed by atoms with Crippen LogP contribution in [0, 0.1) is 0 Å². The molecule has 3 aromatic rings. The lowest BCUT2D eigenvalue weighted by atomic mass is 9.99. The molecule has 1 aliphatic heterocycles. The van der Waals surface area contributed by atoms with Crippen molar-refractivity contribution >= 4 is 17.6 Å². The lowest BCUT2D eigenvalue weighted by molar-refractivity contribution is -0.145. The number of halogens is 1. The van der Waals surface area contributed by atoms with Crippen LogP contribution in [0.15, 0.2) is 95.5 Å². The molecule has 0 atom stereocenters. The van der Waals surface area contributed by atoms with E-state index in [9.17, 15) is 4.79 Å². The molecule has 0 fully saturated rings. The number of hydrogen-bond donors (Lipinski definition) is 0. The first-order valence-electron chi connectivity index (χ1n) is 11.9. The largest absolute Gasteiger partial charge is 0.489 e. The molecule has 0 amide bonds. The van der Waals surface area contributed by atoms with Gasteiger partial charge in [0, 0.05) is 27.3 Å². The molecule has 37 heavy (non-hydrogen) atoms. The van der Waals surface area contributed by atoms with Gasteiger partial charge < -0.3 is 18.7 Å². The minimum Gasteiger partial charge on any atom is -0.489 e. The van der Waals surface area contributed by atoms with Crippen LogP contribution < -0.4 is 9.47 Å². The lowest BCUT2D eigenvalue weighted by Gasteiger charge is -2.12. The maximum atomic E-state index is 11.5. The third-order valence-corrected chi connectivity index (χ3v) is 6.02. The molecular formula is C30H24ClNO5. The number of nitrogens with zero attached hydrogens (tertiary/aromatic N) is 1. The minimum absolute atomic E-state index is 0.131. The quantitative estimate of drug-likeness (QED) is 0.193. The number of esters is 1. The predicted molar refractivity (Wildman–Crippen MR) is 142 cm³/mol. The van der Waals surface area contributed by atoms with E-state index in [1.807, 2.05) is 78.9 Å². The Bertz CT molecular complexity index is 1440. The van der Waals surface area contributed by atoms with Crippen LogP contribution in [0.5, 0.6) is 11.5 Å². The van der Waals surface area contributed by atoms with Crippen molar-refractivity contribution in [2.75, 3.05) is 13.2 Å². The number of carbonyl (C=O) groups is 1. The van der Waals surface area contributed by atoms with Crippen LogP contribution in [-0.4, -0.2) is 24.3 Å². The summed E-state index contributed by atoms with van der Waals surface area (Å²) in [5.74, 6) is 1.61. The van der Waals surface area contributed by atoms with Gasteiger partial charge in [0.15, 0.2) is 12.4 Å². The zero-order valence-corrected chi connectivity index (χ0v) is 20.9. The van der Waals surface area contributed by atoms with Gasteiger partial charge in [-0.05, 0) is 73.2 Å². The van der Waals surface area contributed by atoms with E-state index in [0.29, 0.717) is 29.7 Å². The molecule has 0 bridgehead atoms. The maximum absolute atomic E-state index is 11.5. The normalized spacial score (nSPS) is 10.9. The number of hydrogen-bond acceptors (Lipinski definition) is 6. The van der Waals surface area contributed by atoms with Crippen LogP contribution in [-0.2, 0) is 16.1 Å². The lowest BCUT2D eigenvalue weighted by Crippen LogP contribution is -2.14. The first-order chi connectivity index (χ1) is 18.1. The van der Waals surface area contributed by atoms with Gasteiger partial charge in [0.2, 0.25) is 0 Å². The fourth-order valence-corrected chi connectivity index (χ4v) is 4.06. The summed E-state index contributed by atoms with van der Waals surface area (Å²) in [5, 5.41) is 5.13. The van der Waals surface area contributed by atoms with E-state index in [1.165, 1.54) is 0 Å². The van der Waals surface area contributed by atoms with Crippen molar-refractivity contribution in [1.29, 1.82) is 0 Å². The summed E-state index contributed by atoms with van der Waals surface area (Å²) in [6.07, 6.45) is 0. The Kier molecular flexibility index (Phi) is 7.38. The summed E-state index contributed by atoms with van der Waals surface area (Å²) >= 11 is 5.94. The molecule has 0 saturated carbocycles. The molecule has 0 unspecified atom stereocenters. The van der Waals surface area contributed by atoms with Crippen molar-refractivity contribution in [1.82, 2.24) is 5.16 Å². The Labute approximate surface area is 219 Å². The maximum Gasteiger partial charge on any atom is 0.344 e. The summed E-state index contributed by atoms with van der Waals surface area (Å²) < 4.78 is 22.2. The molecule has 3 aromatic carbocycles. The predicted octanol–water partition coefficient (Wildman–Crippen LogP) is 7.29. The zero-order chi connectivity index (χ0) is 25.6. The van der Waals surface area contributed by atoms with Crippen molar-refractivity contribution in [3.05, 3.63) is 102 Å². The Morgan fingerprint density at radius 1 is 0.811 bits per heavy atom. The summed E-state index contributed by atoms with van der Waals surface area (Å²) in [6.45, 7) is 2.41. The zero-order valence-electron chi connectivity index (χ0n) is 20.1. The van der Waals surface area contributed by atoms with Crippen molar-refractivity contribution in [2.24, 2.45) is 0 Å². The topological polar surface area (TPSA) is 70.8 Å². The number of rotatable bonds is 9. The van der Waals surface area contributed by atoms with Gasteiger partial charge in [0.05, 0.1) is 6.61 Å². The highest BCUT2D eigenvalue weighted by molar-refractivity contribution is 6.30. The molecule has 1 aliphatic carbocycles. The second-order valence-electron chi connectivity index (χ2n) is 8.27. The molecule has 0 N–H and O–H groups in total. The first-order valence-corrected chi connectivity index (χ1v) is 12.2. The Morgan fingerprint density at radius 3 is 2.16 bits per heavy atom. The monoisotopic (exact) mass is 513 g/mol. The molecule has 0 radical (unpaired) electrons. The average molecular weight is 514 g/mol. The molecule has 6 nitrogen and oxygen atoms in total. The number of aromatic nitrogens is 1. The Hall–Kier alpha value is -4.29. The smallest absolute Gasteiger partial charge is 0.344 e. The van der Waals surface area contributed by atoms with Crippen LogP contribution in [0.1, 0.15) is 12.5 Å². The second-order valence-corrected chi connectivity index (χ2v) is 8.71. The number of ether oxygens (including phenoxy) is 3. The summed E-state index contributed by atoms with van der Waals surface area (Å²) in [6, 6.07) is 28.7. The molecule has 186 valence electrons. The van der Waals surface area contributed by atoms with Gasteiger partial charge in [-0.3, -0.25) is 0 Å². The van der Waals surface area contributed by atoms with Crippen molar-refractivity contribution in [2.45, 2.75) is 13.5 Å². The molecule has 1 heterocycles. The Balaban J connectivity index is 1.30. The van der Waals surface area contributed by atoms with Crippen molar-refractivity contribution < 1.29 is 23.5 Å². The van der Waals surface area contributed by atoms with Gasteiger partial charge in [-0.1, -0.05) is 47.1 Å². The fraction of sp³-hybridized carbons (Fsp3) is 0.133. The van der Waals surface area contributed by atoms with E-state index < -0.39 is 5.97 Å². The molecule has 0 spiro atoms. The van der Waals surface area contributed by atoms with Crippen LogP contribution in [0.25, 0.3) is 33.7 Å². The first kappa shape index (κ1) is 24.4. The molecule has 0 saturated heterocycles. The summed E-state index contributed by atoms with van der Waals surface area (Å²) in [5.41, 5.74) is 5.48. The third kappa shape index (κ3) is 5.76. The second kappa shape index (κ2) is 11.2. The molecule has 7 heteroatoms. The highest BCUT2D eigenvalue weighted by Gasteiger charge is 2.19. The van der Waals surface area contributed by atoms with Gasteiger partial charge in [-0.15, -0.1) is 0 Å². The van der Waals surface area contributed by atoms with E-state index in [1.54, 1.807) is 19.1 Å². The van der Waals surface area contributed by atoms with Gasteiger partial charge in [0.25, 0.3) is 0 Å².